The van der Waals surface area contributed by atoms with Crippen LogP contribution in [-0.4, -0.2) is 34.2 Å². The topological polar surface area (TPSA) is 59.4 Å². The second-order valence-electron chi connectivity index (χ2n) is 7.73. The molecule has 28 heavy (non-hydrogen) atoms. The number of hydrogen-bond acceptors (Lipinski definition) is 4. The van der Waals surface area contributed by atoms with Crippen molar-refractivity contribution in [1.29, 1.82) is 0 Å². The molecule has 0 bridgehead atoms. The lowest BCUT2D eigenvalue weighted by Gasteiger charge is -2.23. The van der Waals surface area contributed by atoms with Gasteiger partial charge in [0.2, 0.25) is 5.91 Å². The van der Waals surface area contributed by atoms with E-state index in [0.29, 0.717) is 13.1 Å². The lowest BCUT2D eigenvalue weighted by atomic mass is 9.85. The van der Waals surface area contributed by atoms with Gasteiger partial charge in [0.25, 0.3) is 0 Å². The summed E-state index contributed by atoms with van der Waals surface area (Å²) in [4.78, 5) is 14.3. The molecule has 1 saturated carbocycles. The van der Waals surface area contributed by atoms with Crippen molar-refractivity contribution in [3.63, 3.8) is 0 Å². The van der Waals surface area contributed by atoms with Gasteiger partial charge in [0.05, 0.1) is 25.0 Å². The summed E-state index contributed by atoms with van der Waals surface area (Å²) >= 11 is 0. The van der Waals surface area contributed by atoms with Crippen LogP contribution in [0.5, 0.6) is 5.75 Å². The maximum atomic E-state index is 14.0. The molecule has 1 aromatic carbocycles. The largest absolute Gasteiger partial charge is 0.494 e. The molecule has 2 aliphatic rings. The van der Waals surface area contributed by atoms with E-state index < -0.39 is 0 Å². The Morgan fingerprint density at radius 1 is 1.29 bits per heavy atom. The van der Waals surface area contributed by atoms with Gasteiger partial charge in [-0.15, -0.1) is 0 Å². The van der Waals surface area contributed by atoms with Crippen LogP contribution in [0, 0.1) is 11.7 Å². The number of amides is 1. The van der Waals surface area contributed by atoms with E-state index in [9.17, 15) is 9.18 Å². The number of ether oxygens (including phenoxy) is 1. The summed E-state index contributed by atoms with van der Waals surface area (Å²) in [6.45, 7) is 3.72. The molecule has 6 nitrogen and oxygen atoms in total. The molecule has 4 rings (SSSR count). The summed E-state index contributed by atoms with van der Waals surface area (Å²) in [5.74, 6) is 0.286. The predicted molar refractivity (Wildman–Crippen MR) is 103 cm³/mol. The maximum absolute atomic E-state index is 14.0. The average molecular weight is 386 g/mol. The van der Waals surface area contributed by atoms with Crippen LogP contribution in [0.15, 0.2) is 24.3 Å². The highest BCUT2D eigenvalue weighted by molar-refractivity contribution is 5.79. The van der Waals surface area contributed by atoms with Crippen molar-refractivity contribution in [1.82, 2.24) is 20.0 Å². The van der Waals surface area contributed by atoms with Gasteiger partial charge in [-0.25, -0.2) is 4.39 Å². The number of aryl methyl sites for hydroxylation is 1. The Hall–Kier alpha value is -2.41. The minimum absolute atomic E-state index is 0.151. The van der Waals surface area contributed by atoms with Gasteiger partial charge in [-0.3, -0.25) is 14.4 Å². The summed E-state index contributed by atoms with van der Waals surface area (Å²) < 4.78 is 21.0. The zero-order valence-electron chi connectivity index (χ0n) is 16.3. The molecule has 1 amide bonds. The molecule has 0 saturated heterocycles. The van der Waals surface area contributed by atoms with Gasteiger partial charge < -0.3 is 10.1 Å². The number of carbonyl (C=O) groups excluding carboxylic acids is 1. The Labute approximate surface area is 164 Å². The van der Waals surface area contributed by atoms with Crippen molar-refractivity contribution in [3.05, 3.63) is 47.0 Å². The third kappa shape index (κ3) is 4.19. The predicted octanol–water partition coefficient (Wildman–Crippen LogP) is 2.85. The zero-order chi connectivity index (χ0) is 19.5. The summed E-state index contributed by atoms with van der Waals surface area (Å²) in [5.41, 5.74) is 2.97. The molecular weight excluding hydrogens is 359 g/mol. The summed E-state index contributed by atoms with van der Waals surface area (Å²) in [7, 11) is 1.47. The van der Waals surface area contributed by atoms with Gasteiger partial charge in [-0.05, 0) is 43.0 Å². The molecule has 0 spiro atoms. The number of carbonyl (C=O) groups is 1. The highest BCUT2D eigenvalue weighted by atomic mass is 19.1. The molecule has 1 N–H and O–H groups in total. The minimum Gasteiger partial charge on any atom is -0.494 e. The molecular formula is C21H27FN4O2. The van der Waals surface area contributed by atoms with E-state index in [1.165, 1.54) is 7.11 Å². The second kappa shape index (κ2) is 8.31. The van der Waals surface area contributed by atoms with Gasteiger partial charge in [-0.2, -0.15) is 5.10 Å². The zero-order valence-corrected chi connectivity index (χ0v) is 16.3. The third-order valence-electron chi connectivity index (χ3n) is 5.69. The molecule has 2 heterocycles. The standard InChI is InChI=1S/C21H27FN4O2/c1-28-20-7-6-15(10-19(20)22)13-25-8-3-9-26-18(14-25)11-17(24-26)12-23-21(27)16-4-2-5-16/h6-7,10-11,16H,2-5,8-9,12-14H2,1H3,(H,23,27). The van der Waals surface area contributed by atoms with Crippen molar-refractivity contribution in [2.24, 2.45) is 5.92 Å². The first-order valence-corrected chi connectivity index (χ1v) is 10.0. The second-order valence-corrected chi connectivity index (χ2v) is 7.73. The summed E-state index contributed by atoms with van der Waals surface area (Å²) in [6.07, 6.45) is 4.16. The average Bonchev–Trinajstić information content (AvgIpc) is 2.91. The Bertz CT molecular complexity index is 847. The van der Waals surface area contributed by atoms with E-state index in [1.54, 1.807) is 12.1 Å². The van der Waals surface area contributed by atoms with Crippen LogP contribution in [0.4, 0.5) is 4.39 Å². The van der Waals surface area contributed by atoms with Crippen molar-refractivity contribution >= 4 is 5.91 Å². The fourth-order valence-corrected chi connectivity index (χ4v) is 3.87. The molecule has 0 radical (unpaired) electrons. The SMILES string of the molecule is COc1ccc(CN2CCCn3nc(CNC(=O)C4CCC4)cc3C2)cc1F. The van der Waals surface area contributed by atoms with Gasteiger partial charge in [0.1, 0.15) is 0 Å². The van der Waals surface area contributed by atoms with Crippen LogP contribution in [0.2, 0.25) is 0 Å². The summed E-state index contributed by atoms with van der Waals surface area (Å²) in [5, 5.41) is 7.67. The first kappa shape index (κ1) is 18.9. The molecule has 1 aliphatic carbocycles. The lowest BCUT2D eigenvalue weighted by molar-refractivity contribution is -0.127. The van der Waals surface area contributed by atoms with Crippen LogP contribution in [0.25, 0.3) is 0 Å². The number of benzene rings is 1. The Balaban J connectivity index is 1.38. The Kier molecular flexibility index (Phi) is 5.62. The van der Waals surface area contributed by atoms with Crippen LogP contribution in [-0.2, 0) is 31.0 Å². The van der Waals surface area contributed by atoms with Crippen molar-refractivity contribution in [2.45, 2.75) is 51.9 Å². The molecule has 150 valence electrons. The maximum Gasteiger partial charge on any atom is 0.223 e. The Morgan fingerprint density at radius 3 is 2.86 bits per heavy atom. The lowest BCUT2D eigenvalue weighted by Crippen LogP contribution is -2.34. The van der Waals surface area contributed by atoms with Crippen molar-refractivity contribution in [2.75, 3.05) is 13.7 Å². The summed E-state index contributed by atoms with van der Waals surface area (Å²) in [6, 6.07) is 7.21. The van der Waals surface area contributed by atoms with Gasteiger partial charge in [0, 0.05) is 32.1 Å². The fraction of sp³-hybridized carbons (Fsp3) is 0.524. The number of aromatic nitrogens is 2. The third-order valence-corrected chi connectivity index (χ3v) is 5.69. The number of methoxy groups -OCH3 is 1. The van der Waals surface area contributed by atoms with Crippen molar-refractivity contribution in [3.8, 4) is 5.75 Å². The first-order chi connectivity index (χ1) is 13.6. The number of nitrogens with one attached hydrogen (secondary N) is 1. The smallest absolute Gasteiger partial charge is 0.223 e. The van der Waals surface area contributed by atoms with E-state index in [-0.39, 0.29) is 23.4 Å². The first-order valence-electron chi connectivity index (χ1n) is 10.0. The molecule has 1 aliphatic heterocycles. The normalized spacial score (nSPS) is 17.5. The van der Waals surface area contributed by atoms with E-state index in [1.807, 2.05) is 10.7 Å². The van der Waals surface area contributed by atoms with Crippen molar-refractivity contribution < 1.29 is 13.9 Å². The minimum atomic E-state index is -0.329. The number of rotatable bonds is 6. The quantitative estimate of drug-likeness (QED) is 0.829. The van der Waals surface area contributed by atoms with Gasteiger partial charge in [0.15, 0.2) is 11.6 Å². The van der Waals surface area contributed by atoms with Crippen LogP contribution in [0.3, 0.4) is 0 Å². The number of fused-ring (bicyclic) bond motifs is 1. The van der Waals surface area contributed by atoms with E-state index in [4.69, 9.17) is 4.74 Å². The van der Waals surface area contributed by atoms with E-state index in [2.05, 4.69) is 21.4 Å². The Morgan fingerprint density at radius 2 is 2.14 bits per heavy atom. The van der Waals surface area contributed by atoms with E-state index in [0.717, 1.165) is 62.3 Å². The van der Waals surface area contributed by atoms with Crippen LogP contribution in [0.1, 0.15) is 42.6 Å². The number of nitrogens with zero attached hydrogens (tertiary/aromatic N) is 3. The van der Waals surface area contributed by atoms with Gasteiger partial charge in [-0.1, -0.05) is 12.5 Å². The van der Waals surface area contributed by atoms with Gasteiger partial charge >= 0.3 is 0 Å². The monoisotopic (exact) mass is 386 g/mol. The van der Waals surface area contributed by atoms with E-state index >= 15 is 0 Å². The molecule has 2 aromatic rings. The number of hydrogen-bond donors (Lipinski definition) is 1. The highest BCUT2D eigenvalue weighted by Crippen LogP contribution is 2.26. The molecule has 7 heteroatoms. The number of halogens is 1. The van der Waals surface area contributed by atoms with Crippen LogP contribution >= 0.6 is 0 Å². The fourth-order valence-electron chi connectivity index (χ4n) is 3.87. The molecule has 0 atom stereocenters. The van der Waals surface area contributed by atoms with Crippen LogP contribution < -0.4 is 10.1 Å². The molecule has 1 aromatic heterocycles. The molecule has 0 unspecified atom stereocenters. The highest BCUT2D eigenvalue weighted by Gasteiger charge is 2.25. The molecule has 1 fully saturated rings.